The standard InChI is InChI=1S/C24H21ClN4O3/c1-28(2)24(31)17-7-5-16(6-8-17)15-26-23(30)20-14-21(22-4-3-13-32-22)29(27-20)19-11-9-18(25)10-12-19/h3-14H,15H2,1-2H3,(H,26,30). The molecule has 0 bridgehead atoms. The third-order valence-corrected chi connectivity index (χ3v) is 5.10. The number of nitrogens with zero attached hydrogens (tertiary/aromatic N) is 3. The largest absolute Gasteiger partial charge is 0.463 e. The van der Waals surface area contributed by atoms with Crippen LogP contribution in [0, 0.1) is 0 Å². The van der Waals surface area contributed by atoms with E-state index in [1.54, 1.807) is 61.4 Å². The highest BCUT2D eigenvalue weighted by molar-refractivity contribution is 6.30. The summed E-state index contributed by atoms with van der Waals surface area (Å²) < 4.78 is 7.17. The summed E-state index contributed by atoms with van der Waals surface area (Å²) in [4.78, 5) is 26.3. The van der Waals surface area contributed by atoms with Gasteiger partial charge in [0.05, 0.1) is 12.0 Å². The SMILES string of the molecule is CN(C)C(=O)c1ccc(CNC(=O)c2cc(-c3ccco3)n(-c3ccc(Cl)cc3)n2)cc1. The maximum atomic E-state index is 12.8. The first-order valence-corrected chi connectivity index (χ1v) is 10.3. The molecule has 0 radical (unpaired) electrons. The molecule has 4 rings (SSSR count). The lowest BCUT2D eigenvalue weighted by Gasteiger charge is -2.10. The summed E-state index contributed by atoms with van der Waals surface area (Å²) in [7, 11) is 3.41. The van der Waals surface area contributed by atoms with E-state index in [1.807, 2.05) is 30.3 Å². The zero-order valence-electron chi connectivity index (χ0n) is 17.6. The first kappa shape index (κ1) is 21.4. The van der Waals surface area contributed by atoms with Gasteiger partial charge in [-0.3, -0.25) is 9.59 Å². The van der Waals surface area contributed by atoms with E-state index in [0.717, 1.165) is 11.3 Å². The van der Waals surface area contributed by atoms with Gasteiger partial charge in [-0.1, -0.05) is 23.7 Å². The number of carbonyl (C=O) groups excluding carboxylic acids is 2. The van der Waals surface area contributed by atoms with Crippen LogP contribution >= 0.6 is 11.6 Å². The van der Waals surface area contributed by atoms with E-state index in [9.17, 15) is 9.59 Å². The number of benzene rings is 2. The molecule has 7 nitrogen and oxygen atoms in total. The van der Waals surface area contributed by atoms with Crippen molar-refractivity contribution in [3.05, 3.63) is 94.8 Å². The second kappa shape index (κ2) is 9.11. The molecule has 2 amide bonds. The number of furan rings is 1. The lowest BCUT2D eigenvalue weighted by molar-refractivity contribution is 0.0827. The molecule has 2 aromatic heterocycles. The van der Waals surface area contributed by atoms with Crippen LogP contribution < -0.4 is 5.32 Å². The zero-order valence-corrected chi connectivity index (χ0v) is 18.3. The van der Waals surface area contributed by atoms with Crippen molar-refractivity contribution in [1.82, 2.24) is 20.0 Å². The molecule has 0 saturated heterocycles. The summed E-state index contributed by atoms with van der Waals surface area (Å²) in [6.07, 6.45) is 1.57. The van der Waals surface area contributed by atoms with Crippen LogP contribution in [0.15, 0.2) is 77.4 Å². The normalized spacial score (nSPS) is 10.7. The van der Waals surface area contributed by atoms with Crippen LogP contribution in [-0.4, -0.2) is 40.6 Å². The number of carbonyl (C=O) groups is 2. The monoisotopic (exact) mass is 448 g/mol. The van der Waals surface area contributed by atoms with Crippen LogP contribution in [0.4, 0.5) is 0 Å². The van der Waals surface area contributed by atoms with Gasteiger partial charge in [0.2, 0.25) is 0 Å². The molecule has 0 saturated carbocycles. The predicted molar refractivity (Wildman–Crippen MR) is 122 cm³/mol. The second-order valence-electron chi connectivity index (χ2n) is 7.36. The van der Waals surface area contributed by atoms with E-state index < -0.39 is 0 Å². The van der Waals surface area contributed by atoms with Crippen LogP contribution in [0.1, 0.15) is 26.4 Å². The molecule has 2 aromatic carbocycles. The number of hydrogen-bond acceptors (Lipinski definition) is 4. The van der Waals surface area contributed by atoms with Gasteiger partial charge < -0.3 is 14.6 Å². The molecule has 8 heteroatoms. The fraction of sp³-hybridized carbons (Fsp3) is 0.125. The quantitative estimate of drug-likeness (QED) is 0.473. The Morgan fingerprint density at radius 1 is 1.06 bits per heavy atom. The van der Waals surface area contributed by atoms with Crippen molar-refractivity contribution >= 4 is 23.4 Å². The minimum atomic E-state index is -0.320. The van der Waals surface area contributed by atoms with Gasteiger partial charge >= 0.3 is 0 Å². The molecule has 0 spiro atoms. The number of amides is 2. The highest BCUT2D eigenvalue weighted by Crippen LogP contribution is 2.25. The summed E-state index contributed by atoms with van der Waals surface area (Å²) in [5.74, 6) is 0.199. The Balaban J connectivity index is 1.53. The summed E-state index contributed by atoms with van der Waals surface area (Å²) in [6.45, 7) is 0.305. The summed E-state index contributed by atoms with van der Waals surface area (Å²) in [5, 5.41) is 7.97. The van der Waals surface area contributed by atoms with E-state index in [1.165, 1.54) is 4.90 Å². The molecule has 0 unspecified atom stereocenters. The fourth-order valence-corrected chi connectivity index (χ4v) is 3.29. The van der Waals surface area contributed by atoms with E-state index in [0.29, 0.717) is 28.6 Å². The van der Waals surface area contributed by atoms with Gasteiger partial charge in [-0.2, -0.15) is 5.10 Å². The number of nitrogens with one attached hydrogen (secondary N) is 1. The maximum Gasteiger partial charge on any atom is 0.272 e. The van der Waals surface area contributed by atoms with Gasteiger partial charge in [-0.15, -0.1) is 0 Å². The smallest absolute Gasteiger partial charge is 0.272 e. The van der Waals surface area contributed by atoms with Gasteiger partial charge in [-0.25, -0.2) is 4.68 Å². The van der Waals surface area contributed by atoms with Crippen molar-refractivity contribution < 1.29 is 14.0 Å². The Morgan fingerprint density at radius 3 is 2.41 bits per heavy atom. The van der Waals surface area contributed by atoms with Crippen LogP contribution in [0.25, 0.3) is 17.1 Å². The van der Waals surface area contributed by atoms with Gasteiger partial charge in [0.15, 0.2) is 11.5 Å². The van der Waals surface area contributed by atoms with Gasteiger partial charge in [-0.05, 0) is 54.1 Å². The highest BCUT2D eigenvalue weighted by atomic mass is 35.5. The summed E-state index contributed by atoms with van der Waals surface area (Å²) in [6, 6.07) is 19.5. The van der Waals surface area contributed by atoms with E-state index in [4.69, 9.17) is 16.0 Å². The number of rotatable bonds is 6. The molecule has 0 aliphatic rings. The predicted octanol–water partition coefficient (Wildman–Crippen LogP) is 4.42. The number of hydrogen-bond donors (Lipinski definition) is 1. The molecule has 0 fully saturated rings. The Kier molecular flexibility index (Phi) is 6.09. The number of aromatic nitrogens is 2. The van der Waals surface area contributed by atoms with Gasteiger partial charge in [0.1, 0.15) is 5.69 Å². The molecule has 0 aliphatic carbocycles. The molecule has 0 aliphatic heterocycles. The van der Waals surface area contributed by atoms with Gasteiger partial charge in [0, 0.05) is 37.3 Å². The third kappa shape index (κ3) is 4.58. The maximum absolute atomic E-state index is 12.8. The lowest BCUT2D eigenvalue weighted by Crippen LogP contribution is -2.24. The lowest BCUT2D eigenvalue weighted by atomic mass is 10.1. The highest BCUT2D eigenvalue weighted by Gasteiger charge is 2.18. The third-order valence-electron chi connectivity index (χ3n) is 4.85. The minimum absolute atomic E-state index is 0.0706. The van der Waals surface area contributed by atoms with E-state index in [2.05, 4.69) is 10.4 Å². The Labute approximate surface area is 190 Å². The molecular formula is C24H21ClN4O3. The van der Waals surface area contributed by atoms with Crippen molar-refractivity contribution in [2.45, 2.75) is 6.54 Å². The first-order valence-electron chi connectivity index (χ1n) is 9.91. The summed E-state index contributed by atoms with van der Waals surface area (Å²) in [5.41, 5.74) is 3.12. The van der Waals surface area contributed by atoms with Crippen LogP contribution in [0.2, 0.25) is 5.02 Å². The van der Waals surface area contributed by atoms with Gasteiger partial charge in [0.25, 0.3) is 11.8 Å². The summed E-state index contributed by atoms with van der Waals surface area (Å²) >= 11 is 6.00. The zero-order chi connectivity index (χ0) is 22.7. The Morgan fingerprint density at radius 2 is 1.78 bits per heavy atom. The van der Waals surface area contributed by atoms with Crippen molar-refractivity contribution in [1.29, 1.82) is 0 Å². The average Bonchev–Trinajstić information content (AvgIpc) is 3.48. The molecule has 32 heavy (non-hydrogen) atoms. The Bertz CT molecular complexity index is 1230. The molecule has 1 N–H and O–H groups in total. The van der Waals surface area contributed by atoms with Crippen molar-refractivity contribution in [2.24, 2.45) is 0 Å². The van der Waals surface area contributed by atoms with Crippen LogP contribution in [0.5, 0.6) is 0 Å². The second-order valence-corrected chi connectivity index (χ2v) is 7.80. The minimum Gasteiger partial charge on any atom is -0.463 e. The number of halogens is 1. The molecule has 162 valence electrons. The van der Waals surface area contributed by atoms with Crippen molar-refractivity contribution in [3.8, 4) is 17.1 Å². The topological polar surface area (TPSA) is 80.4 Å². The molecular weight excluding hydrogens is 428 g/mol. The molecule has 2 heterocycles. The van der Waals surface area contributed by atoms with Crippen molar-refractivity contribution in [3.63, 3.8) is 0 Å². The van der Waals surface area contributed by atoms with Crippen LogP contribution in [0.3, 0.4) is 0 Å². The molecule has 4 aromatic rings. The van der Waals surface area contributed by atoms with E-state index >= 15 is 0 Å². The fourth-order valence-electron chi connectivity index (χ4n) is 3.17. The first-order chi connectivity index (χ1) is 15.4. The average molecular weight is 449 g/mol. The Hall–Kier alpha value is -3.84. The van der Waals surface area contributed by atoms with Crippen LogP contribution in [-0.2, 0) is 6.54 Å². The molecule has 0 atom stereocenters. The van der Waals surface area contributed by atoms with E-state index in [-0.39, 0.29) is 17.5 Å². The van der Waals surface area contributed by atoms with Crippen molar-refractivity contribution in [2.75, 3.05) is 14.1 Å².